The molecule has 4 heteroatoms. The Kier molecular flexibility index (Phi) is 3.96. The maximum absolute atomic E-state index is 6.18. The maximum atomic E-state index is 6.18. The van der Waals surface area contributed by atoms with Crippen LogP contribution in [0.2, 0.25) is 10.0 Å². The van der Waals surface area contributed by atoms with E-state index in [0.29, 0.717) is 5.02 Å². The van der Waals surface area contributed by atoms with Gasteiger partial charge in [0.1, 0.15) is 0 Å². The molecule has 0 bridgehead atoms. The van der Waals surface area contributed by atoms with Gasteiger partial charge >= 0.3 is 0 Å². The minimum Gasteiger partial charge on any atom is -0.152 e. The summed E-state index contributed by atoms with van der Waals surface area (Å²) < 4.78 is 0. The maximum Gasteiger partial charge on any atom is 0.0670 e. The molecule has 1 aromatic heterocycles. The number of alkyl halides is 1. The van der Waals surface area contributed by atoms with E-state index in [0.717, 1.165) is 10.6 Å². The molecule has 0 nitrogen and oxygen atoms in total. The lowest BCUT2D eigenvalue weighted by atomic mass is 10.0. The predicted octanol–water partition coefficient (Wildman–Crippen LogP) is 5.85. The number of benzene rings is 1. The van der Waals surface area contributed by atoms with Crippen LogP contribution in [-0.4, -0.2) is 0 Å². The van der Waals surface area contributed by atoms with Gasteiger partial charge in [-0.15, -0.1) is 0 Å². The van der Waals surface area contributed by atoms with Crippen molar-refractivity contribution in [2.45, 2.75) is 11.8 Å². The Bertz CT molecular complexity index is 507. The van der Waals surface area contributed by atoms with Gasteiger partial charge in [0.05, 0.1) is 4.83 Å². The molecule has 0 radical (unpaired) electrons. The number of rotatable bonds is 2. The second-order valence-electron chi connectivity index (χ2n) is 3.54. The molecular formula is C12H9BrCl2S. The van der Waals surface area contributed by atoms with Gasteiger partial charge in [0.15, 0.2) is 0 Å². The Morgan fingerprint density at radius 2 is 1.94 bits per heavy atom. The standard InChI is InChI=1S/C12H9BrCl2S/c1-7-5-16-6-10(7)12(13)9-4-8(14)2-3-11(9)15/h2-6,12H,1H3. The highest BCUT2D eigenvalue weighted by Crippen LogP contribution is 2.38. The van der Waals surface area contributed by atoms with Crippen molar-refractivity contribution in [2.24, 2.45) is 0 Å². The van der Waals surface area contributed by atoms with Crippen LogP contribution in [0, 0.1) is 6.92 Å². The highest BCUT2D eigenvalue weighted by atomic mass is 79.9. The number of aryl methyl sites for hydroxylation is 1. The largest absolute Gasteiger partial charge is 0.152 e. The van der Waals surface area contributed by atoms with E-state index in [4.69, 9.17) is 23.2 Å². The van der Waals surface area contributed by atoms with Gasteiger partial charge in [-0.3, -0.25) is 0 Å². The normalized spacial score (nSPS) is 12.8. The van der Waals surface area contributed by atoms with Gasteiger partial charge < -0.3 is 0 Å². The van der Waals surface area contributed by atoms with Gasteiger partial charge in [-0.2, -0.15) is 11.3 Å². The Labute approximate surface area is 117 Å². The zero-order chi connectivity index (χ0) is 11.7. The molecule has 2 rings (SSSR count). The van der Waals surface area contributed by atoms with Gasteiger partial charge in [-0.25, -0.2) is 0 Å². The monoisotopic (exact) mass is 334 g/mol. The fourth-order valence-corrected chi connectivity index (χ4v) is 3.97. The van der Waals surface area contributed by atoms with Crippen molar-refractivity contribution >= 4 is 50.5 Å². The third-order valence-electron chi connectivity index (χ3n) is 2.40. The highest BCUT2D eigenvalue weighted by molar-refractivity contribution is 9.09. The van der Waals surface area contributed by atoms with Crippen LogP contribution in [0.5, 0.6) is 0 Å². The van der Waals surface area contributed by atoms with Crippen molar-refractivity contribution in [2.75, 3.05) is 0 Å². The molecule has 0 aliphatic rings. The van der Waals surface area contributed by atoms with Crippen LogP contribution >= 0.6 is 50.5 Å². The van der Waals surface area contributed by atoms with Gasteiger partial charge in [0.25, 0.3) is 0 Å². The first-order valence-corrected chi connectivity index (χ1v) is 7.32. The lowest BCUT2D eigenvalue weighted by molar-refractivity contribution is 1.16. The second kappa shape index (κ2) is 5.09. The average Bonchev–Trinajstić information content (AvgIpc) is 2.67. The number of hydrogen-bond donors (Lipinski definition) is 0. The molecule has 1 heterocycles. The quantitative estimate of drug-likeness (QED) is 0.604. The molecule has 0 N–H and O–H groups in total. The van der Waals surface area contributed by atoms with Crippen LogP contribution in [0.3, 0.4) is 0 Å². The molecular weight excluding hydrogens is 327 g/mol. The van der Waals surface area contributed by atoms with Crippen molar-refractivity contribution < 1.29 is 0 Å². The zero-order valence-corrected chi connectivity index (χ0v) is 12.4. The summed E-state index contributed by atoms with van der Waals surface area (Å²) in [4.78, 5) is 0.102. The van der Waals surface area contributed by atoms with E-state index in [1.165, 1.54) is 11.1 Å². The molecule has 1 aromatic carbocycles. The molecule has 2 aromatic rings. The number of thiophene rings is 1. The SMILES string of the molecule is Cc1cscc1C(Br)c1cc(Cl)ccc1Cl. The molecule has 0 saturated carbocycles. The van der Waals surface area contributed by atoms with E-state index in [1.807, 2.05) is 12.1 Å². The van der Waals surface area contributed by atoms with Crippen molar-refractivity contribution in [1.29, 1.82) is 0 Å². The Balaban J connectivity index is 2.45. The molecule has 0 aliphatic carbocycles. The van der Waals surface area contributed by atoms with Crippen molar-refractivity contribution in [3.05, 3.63) is 55.7 Å². The Hall–Kier alpha value is -0.0200. The van der Waals surface area contributed by atoms with E-state index in [9.17, 15) is 0 Å². The molecule has 0 amide bonds. The van der Waals surface area contributed by atoms with E-state index in [1.54, 1.807) is 17.4 Å². The van der Waals surface area contributed by atoms with Crippen LogP contribution in [0.4, 0.5) is 0 Å². The smallest absolute Gasteiger partial charge is 0.0670 e. The summed E-state index contributed by atoms with van der Waals surface area (Å²) in [6, 6.07) is 5.53. The van der Waals surface area contributed by atoms with Crippen LogP contribution in [0.15, 0.2) is 29.0 Å². The Morgan fingerprint density at radius 3 is 2.56 bits per heavy atom. The lowest BCUT2D eigenvalue weighted by Gasteiger charge is -2.12. The fourth-order valence-electron chi connectivity index (χ4n) is 1.51. The van der Waals surface area contributed by atoms with Gasteiger partial charge in [0.2, 0.25) is 0 Å². The molecule has 0 fully saturated rings. The van der Waals surface area contributed by atoms with E-state index in [-0.39, 0.29) is 4.83 Å². The highest BCUT2D eigenvalue weighted by Gasteiger charge is 2.16. The average molecular weight is 336 g/mol. The van der Waals surface area contributed by atoms with Crippen LogP contribution in [-0.2, 0) is 0 Å². The van der Waals surface area contributed by atoms with E-state index < -0.39 is 0 Å². The minimum atomic E-state index is 0.102. The summed E-state index contributed by atoms with van der Waals surface area (Å²) in [5, 5.41) is 5.70. The summed E-state index contributed by atoms with van der Waals surface area (Å²) in [6.45, 7) is 2.10. The van der Waals surface area contributed by atoms with Gasteiger partial charge in [-0.05, 0) is 52.6 Å². The number of hydrogen-bond acceptors (Lipinski definition) is 1. The second-order valence-corrected chi connectivity index (χ2v) is 6.04. The summed E-state index contributed by atoms with van der Waals surface area (Å²) in [5.41, 5.74) is 3.52. The fraction of sp³-hybridized carbons (Fsp3) is 0.167. The molecule has 16 heavy (non-hydrogen) atoms. The summed E-state index contributed by atoms with van der Waals surface area (Å²) in [5.74, 6) is 0. The van der Waals surface area contributed by atoms with Crippen LogP contribution in [0.1, 0.15) is 21.5 Å². The lowest BCUT2D eigenvalue weighted by Crippen LogP contribution is -1.94. The molecule has 0 spiro atoms. The molecule has 1 unspecified atom stereocenters. The van der Waals surface area contributed by atoms with E-state index >= 15 is 0 Å². The minimum absolute atomic E-state index is 0.102. The first kappa shape index (κ1) is 12.4. The summed E-state index contributed by atoms with van der Waals surface area (Å²) >= 11 is 17.5. The topological polar surface area (TPSA) is 0 Å². The third kappa shape index (κ3) is 2.45. The molecule has 0 saturated heterocycles. The predicted molar refractivity (Wildman–Crippen MR) is 76.3 cm³/mol. The summed E-state index contributed by atoms with van der Waals surface area (Å²) in [6.07, 6.45) is 0. The zero-order valence-electron chi connectivity index (χ0n) is 8.51. The van der Waals surface area contributed by atoms with Crippen molar-refractivity contribution in [3.63, 3.8) is 0 Å². The summed E-state index contributed by atoms with van der Waals surface area (Å²) in [7, 11) is 0. The van der Waals surface area contributed by atoms with Crippen molar-refractivity contribution in [1.82, 2.24) is 0 Å². The first-order valence-electron chi connectivity index (χ1n) is 4.71. The van der Waals surface area contributed by atoms with Crippen molar-refractivity contribution in [3.8, 4) is 0 Å². The molecule has 0 aliphatic heterocycles. The van der Waals surface area contributed by atoms with Gasteiger partial charge in [-0.1, -0.05) is 39.1 Å². The number of halogens is 3. The van der Waals surface area contributed by atoms with Crippen LogP contribution in [0.25, 0.3) is 0 Å². The molecule has 84 valence electrons. The van der Waals surface area contributed by atoms with Crippen LogP contribution < -0.4 is 0 Å². The van der Waals surface area contributed by atoms with E-state index in [2.05, 4.69) is 33.6 Å². The Morgan fingerprint density at radius 1 is 1.19 bits per heavy atom. The first-order chi connectivity index (χ1) is 7.59. The third-order valence-corrected chi connectivity index (χ3v) is 4.84. The molecule has 1 atom stereocenters. The van der Waals surface area contributed by atoms with Gasteiger partial charge in [0, 0.05) is 10.0 Å².